The number of nitrogens with two attached hydrogens (primary N) is 1. The van der Waals surface area contributed by atoms with Crippen molar-refractivity contribution in [1.29, 1.82) is 0 Å². The van der Waals surface area contributed by atoms with E-state index in [4.69, 9.17) is 10.8 Å². The van der Waals surface area contributed by atoms with E-state index in [0.29, 0.717) is 6.54 Å². The minimum absolute atomic E-state index is 0.0558. The van der Waals surface area contributed by atoms with E-state index in [1.807, 2.05) is 5.38 Å². The number of hydrogen-bond acceptors (Lipinski definition) is 4. The molecule has 5 heteroatoms. The average molecular weight is 186 g/mol. The number of carbonyl (C=O) groups is 1. The maximum atomic E-state index is 10.4. The molecule has 0 amide bonds. The van der Waals surface area contributed by atoms with Crippen LogP contribution >= 0.6 is 11.3 Å². The third-order valence-corrected chi connectivity index (χ3v) is 2.18. The maximum Gasteiger partial charge on any atom is 0.304 e. The first-order valence-corrected chi connectivity index (χ1v) is 4.48. The highest BCUT2D eigenvalue weighted by molar-refractivity contribution is 7.07. The lowest BCUT2D eigenvalue weighted by Crippen LogP contribution is -2.16. The van der Waals surface area contributed by atoms with E-state index in [1.54, 1.807) is 5.51 Å². The molecule has 4 nitrogen and oxygen atoms in total. The predicted molar refractivity (Wildman–Crippen MR) is 46.2 cm³/mol. The number of aromatic nitrogens is 1. The molecule has 0 saturated carbocycles. The van der Waals surface area contributed by atoms with Gasteiger partial charge < -0.3 is 10.8 Å². The monoisotopic (exact) mass is 186 g/mol. The summed E-state index contributed by atoms with van der Waals surface area (Å²) in [6.07, 6.45) is 0.0558. The molecule has 66 valence electrons. The van der Waals surface area contributed by atoms with Gasteiger partial charge in [-0.15, -0.1) is 11.3 Å². The molecule has 0 saturated heterocycles. The molecule has 1 rings (SSSR count). The van der Waals surface area contributed by atoms with Crippen molar-refractivity contribution in [2.45, 2.75) is 12.3 Å². The molecule has 0 aromatic carbocycles. The summed E-state index contributed by atoms with van der Waals surface area (Å²) in [5, 5.41) is 10.4. The third-order valence-electron chi connectivity index (χ3n) is 1.58. The van der Waals surface area contributed by atoms with Crippen molar-refractivity contribution in [3.63, 3.8) is 0 Å². The number of carboxylic acids is 1. The highest BCUT2D eigenvalue weighted by atomic mass is 32.1. The van der Waals surface area contributed by atoms with Gasteiger partial charge >= 0.3 is 5.97 Å². The Hall–Kier alpha value is -0.940. The molecule has 1 unspecified atom stereocenters. The van der Waals surface area contributed by atoms with Gasteiger partial charge in [0.1, 0.15) is 0 Å². The number of carboxylic acid groups (broad SMARTS) is 1. The molecule has 1 aromatic heterocycles. The van der Waals surface area contributed by atoms with Gasteiger partial charge in [0, 0.05) is 17.8 Å². The van der Waals surface area contributed by atoms with Crippen LogP contribution in [0.15, 0.2) is 10.9 Å². The fraction of sp³-hybridized carbons (Fsp3) is 0.429. The molecular weight excluding hydrogens is 176 g/mol. The van der Waals surface area contributed by atoms with Gasteiger partial charge in [0.05, 0.1) is 17.6 Å². The van der Waals surface area contributed by atoms with E-state index in [0.717, 1.165) is 5.69 Å². The fourth-order valence-corrected chi connectivity index (χ4v) is 1.58. The molecule has 0 aliphatic carbocycles. The van der Waals surface area contributed by atoms with Crippen molar-refractivity contribution in [3.05, 3.63) is 16.6 Å². The topological polar surface area (TPSA) is 76.2 Å². The van der Waals surface area contributed by atoms with Crippen molar-refractivity contribution in [2.75, 3.05) is 6.54 Å². The van der Waals surface area contributed by atoms with Crippen molar-refractivity contribution < 1.29 is 9.90 Å². The predicted octanol–water partition coefficient (Wildman–Crippen LogP) is 0.660. The van der Waals surface area contributed by atoms with Gasteiger partial charge in [0.25, 0.3) is 0 Å². The number of thiazole rings is 1. The Morgan fingerprint density at radius 2 is 2.58 bits per heavy atom. The molecule has 0 aliphatic rings. The highest BCUT2D eigenvalue weighted by Crippen LogP contribution is 2.17. The lowest BCUT2D eigenvalue weighted by Gasteiger charge is -2.07. The first-order chi connectivity index (χ1) is 5.74. The smallest absolute Gasteiger partial charge is 0.304 e. The van der Waals surface area contributed by atoms with Crippen LogP contribution < -0.4 is 5.73 Å². The van der Waals surface area contributed by atoms with Crippen LogP contribution in [0.25, 0.3) is 0 Å². The largest absolute Gasteiger partial charge is 0.481 e. The van der Waals surface area contributed by atoms with Gasteiger partial charge in [-0.2, -0.15) is 0 Å². The van der Waals surface area contributed by atoms with Crippen LogP contribution in [0.3, 0.4) is 0 Å². The quantitative estimate of drug-likeness (QED) is 0.724. The van der Waals surface area contributed by atoms with E-state index in [9.17, 15) is 4.79 Å². The summed E-state index contributed by atoms with van der Waals surface area (Å²) in [4.78, 5) is 14.4. The summed E-state index contributed by atoms with van der Waals surface area (Å²) in [5.74, 6) is -0.979. The Morgan fingerprint density at radius 3 is 3.00 bits per heavy atom. The second-order valence-electron chi connectivity index (χ2n) is 2.44. The van der Waals surface area contributed by atoms with Gasteiger partial charge in [-0.1, -0.05) is 0 Å². The second kappa shape index (κ2) is 4.18. The van der Waals surface area contributed by atoms with E-state index < -0.39 is 5.97 Å². The SMILES string of the molecule is NCC(CC(=O)O)c1cscn1. The fourth-order valence-electron chi connectivity index (χ4n) is 0.943. The molecule has 1 heterocycles. The molecule has 0 fully saturated rings. The molecular formula is C7H10N2O2S. The second-order valence-corrected chi connectivity index (χ2v) is 3.16. The Balaban J connectivity index is 2.63. The highest BCUT2D eigenvalue weighted by Gasteiger charge is 2.14. The minimum Gasteiger partial charge on any atom is -0.481 e. The lowest BCUT2D eigenvalue weighted by atomic mass is 10.0. The first-order valence-electron chi connectivity index (χ1n) is 3.54. The molecule has 3 N–H and O–H groups in total. The van der Waals surface area contributed by atoms with Crippen LogP contribution in [0.4, 0.5) is 0 Å². The van der Waals surface area contributed by atoms with Gasteiger partial charge in [0.2, 0.25) is 0 Å². The van der Waals surface area contributed by atoms with E-state index in [1.165, 1.54) is 11.3 Å². The molecule has 1 atom stereocenters. The number of aliphatic carboxylic acids is 1. The van der Waals surface area contributed by atoms with Gasteiger partial charge in [-0.25, -0.2) is 4.98 Å². The van der Waals surface area contributed by atoms with Crippen molar-refractivity contribution in [2.24, 2.45) is 5.73 Å². The van der Waals surface area contributed by atoms with Crippen LogP contribution in [0.2, 0.25) is 0 Å². The standard InChI is InChI=1S/C7H10N2O2S/c8-2-5(1-7(10)11)6-3-12-4-9-6/h3-5H,1-2,8H2,(H,10,11). The average Bonchev–Trinajstić information content (AvgIpc) is 2.51. The summed E-state index contributed by atoms with van der Waals surface area (Å²) in [6, 6.07) is 0. The van der Waals surface area contributed by atoms with Crippen LogP contribution in [0, 0.1) is 0 Å². The van der Waals surface area contributed by atoms with Gasteiger partial charge in [0.15, 0.2) is 0 Å². The van der Waals surface area contributed by atoms with Crippen molar-refractivity contribution in [3.8, 4) is 0 Å². The Kier molecular flexibility index (Phi) is 3.19. The van der Waals surface area contributed by atoms with E-state index in [-0.39, 0.29) is 12.3 Å². The van der Waals surface area contributed by atoms with E-state index >= 15 is 0 Å². The number of hydrogen-bond donors (Lipinski definition) is 2. The zero-order chi connectivity index (χ0) is 8.97. The van der Waals surface area contributed by atoms with E-state index in [2.05, 4.69) is 4.98 Å². The van der Waals surface area contributed by atoms with Gasteiger partial charge in [-0.05, 0) is 0 Å². The molecule has 0 aliphatic heterocycles. The van der Waals surface area contributed by atoms with Crippen LogP contribution in [-0.4, -0.2) is 22.6 Å². The maximum absolute atomic E-state index is 10.4. The summed E-state index contributed by atoms with van der Waals surface area (Å²) in [6.45, 7) is 0.329. The lowest BCUT2D eigenvalue weighted by molar-refractivity contribution is -0.137. The Morgan fingerprint density at radius 1 is 1.83 bits per heavy atom. The summed E-state index contributed by atoms with van der Waals surface area (Å²) < 4.78 is 0. The Labute approximate surface area is 74.0 Å². The molecule has 0 spiro atoms. The minimum atomic E-state index is -0.835. The zero-order valence-electron chi connectivity index (χ0n) is 6.43. The summed E-state index contributed by atoms with van der Waals surface area (Å²) in [5.41, 5.74) is 7.88. The molecule has 12 heavy (non-hydrogen) atoms. The normalized spacial score (nSPS) is 12.8. The van der Waals surface area contributed by atoms with Crippen LogP contribution in [-0.2, 0) is 4.79 Å². The Bertz CT molecular complexity index is 248. The molecule has 0 radical (unpaired) electrons. The summed E-state index contributed by atoms with van der Waals surface area (Å²) >= 11 is 1.45. The van der Waals surface area contributed by atoms with Crippen LogP contribution in [0.1, 0.15) is 18.0 Å². The third kappa shape index (κ3) is 2.28. The number of nitrogens with zero attached hydrogens (tertiary/aromatic N) is 1. The van der Waals surface area contributed by atoms with Crippen molar-refractivity contribution in [1.82, 2.24) is 4.98 Å². The first kappa shape index (κ1) is 9.15. The zero-order valence-corrected chi connectivity index (χ0v) is 7.25. The van der Waals surface area contributed by atoms with Crippen LogP contribution in [0.5, 0.6) is 0 Å². The van der Waals surface area contributed by atoms with Gasteiger partial charge in [-0.3, -0.25) is 4.79 Å². The number of rotatable bonds is 4. The molecule has 1 aromatic rings. The summed E-state index contributed by atoms with van der Waals surface area (Å²) in [7, 11) is 0. The molecule has 0 bridgehead atoms. The van der Waals surface area contributed by atoms with Crippen molar-refractivity contribution >= 4 is 17.3 Å².